The molecule has 4 saturated carbocycles. The van der Waals surface area contributed by atoms with Crippen LogP contribution in [-0.2, 0) is 15.3 Å². The van der Waals surface area contributed by atoms with Crippen LogP contribution in [0.25, 0.3) is 0 Å². The fourth-order valence-corrected chi connectivity index (χ4v) is 8.48. The second-order valence-corrected chi connectivity index (χ2v) is 14.3. The van der Waals surface area contributed by atoms with Crippen molar-refractivity contribution in [2.75, 3.05) is 18.8 Å². The molecule has 0 aromatic carbocycles. The van der Waals surface area contributed by atoms with Crippen LogP contribution in [-0.4, -0.2) is 52.4 Å². The van der Waals surface area contributed by atoms with Crippen molar-refractivity contribution in [2.24, 2.45) is 23.2 Å². The third-order valence-corrected chi connectivity index (χ3v) is 9.82. The minimum absolute atomic E-state index is 0.0407. The largest absolute Gasteiger partial charge is 0.444 e. The summed E-state index contributed by atoms with van der Waals surface area (Å²) in [5.41, 5.74) is 0.985. The molecule has 2 amide bonds. The van der Waals surface area contributed by atoms with Gasteiger partial charge in [0.1, 0.15) is 11.6 Å². The van der Waals surface area contributed by atoms with E-state index in [-0.39, 0.29) is 5.91 Å². The summed E-state index contributed by atoms with van der Waals surface area (Å²) >= 11 is 1.67. The van der Waals surface area contributed by atoms with E-state index in [1.54, 1.807) is 24.2 Å². The van der Waals surface area contributed by atoms with Gasteiger partial charge in [-0.15, -0.1) is 0 Å². The summed E-state index contributed by atoms with van der Waals surface area (Å²) in [4.78, 5) is 33.0. The molecule has 0 aliphatic heterocycles. The van der Waals surface area contributed by atoms with E-state index < -0.39 is 17.7 Å². The summed E-state index contributed by atoms with van der Waals surface area (Å²) in [6.45, 7) is 9.32. The van der Waals surface area contributed by atoms with Crippen molar-refractivity contribution >= 4 is 23.8 Å². The molecule has 1 aromatic heterocycles. The first kappa shape index (κ1) is 29.2. The van der Waals surface area contributed by atoms with Gasteiger partial charge in [-0.3, -0.25) is 9.78 Å². The third kappa shape index (κ3) is 8.37. The maximum Gasteiger partial charge on any atom is 0.408 e. The number of hydrogen-bond donors (Lipinski definition) is 1. The highest BCUT2D eigenvalue weighted by Gasteiger charge is 2.50. The van der Waals surface area contributed by atoms with Gasteiger partial charge in [0, 0.05) is 37.0 Å². The summed E-state index contributed by atoms with van der Waals surface area (Å²) in [7, 11) is 0. The lowest BCUT2D eigenvalue weighted by Crippen LogP contribution is -2.53. The van der Waals surface area contributed by atoms with Crippen molar-refractivity contribution in [3.8, 4) is 0 Å². The number of thioether (sulfide) groups is 1. The molecule has 0 radical (unpaired) electrons. The van der Waals surface area contributed by atoms with Gasteiger partial charge in [-0.2, -0.15) is 11.8 Å². The summed E-state index contributed by atoms with van der Waals surface area (Å²) in [5.74, 6) is 4.07. The smallest absolute Gasteiger partial charge is 0.408 e. The molecule has 38 heavy (non-hydrogen) atoms. The Labute approximate surface area is 234 Å². The van der Waals surface area contributed by atoms with E-state index in [1.807, 2.05) is 32.9 Å². The molecule has 212 valence electrons. The molecule has 0 saturated heterocycles. The molecular formula is C31H49N3O3S. The monoisotopic (exact) mass is 543 g/mol. The molecule has 7 heteroatoms. The second-order valence-electron chi connectivity index (χ2n) is 13.3. The zero-order valence-electron chi connectivity index (χ0n) is 24.0. The van der Waals surface area contributed by atoms with Crippen LogP contribution in [0.15, 0.2) is 24.5 Å². The van der Waals surface area contributed by atoms with Gasteiger partial charge in [-0.25, -0.2) is 4.79 Å². The number of carbonyl (C=O) groups is 2. The van der Waals surface area contributed by atoms with E-state index in [0.29, 0.717) is 11.2 Å². The summed E-state index contributed by atoms with van der Waals surface area (Å²) in [6, 6.07) is 3.39. The fraction of sp³-hybridized carbons (Fsp3) is 0.774. The fourth-order valence-electron chi connectivity index (χ4n) is 7.47. The Kier molecular flexibility index (Phi) is 10.0. The Bertz CT molecular complexity index is 881. The number of ether oxygens (including phenoxy) is 1. The van der Waals surface area contributed by atoms with Crippen molar-refractivity contribution in [3.05, 3.63) is 30.1 Å². The highest BCUT2D eigenvalue weighted by molar-refractivity contribution is 7.98. The van der Waals surface area contributed by atoms with E-state index in [2.05, 4.69) is 22.1 Å². The van der Waals surface area contributed by atoms with Gasteiger partial charge in [-0.1, -0.05) is 19.8 Å². The highest BCUT2D eigenvalue weighted by atomic mass is 32.2. The highest BCUT2D eigenvalue weighted by Crippen LogP contribution is 2.61. The summed E-state index contributed by atoms with van der Waals surface area (Å²) in [5, 5.41) is 2.94. The van der Waals surface area contributed by atoms with Crippen LogP contribution in [0.5, 0.6) is 0 Å². The maximum atomic E-state index is 14.0. The number of pyridine rings is 1. The number of rotatable bonds is 13. The summed E-state index contributed by atoms with van der Waals surface area (Å²) < 4.78 is 5.55. The van der Waals surface area contributed by atoms with Gasteiger partial charge in [0.2, 0.25) is 5.91 Å². The molecule has 1 aromatic rings. The summed E-state index contributed by atoms with van der Waals surface area (Å²) in [6.07, 6.45) is 15.8. The number of hydrogen-bond acceptors (Lipinski definition) is 5. The molecular weight excluding hydrogens is 494 g/mol. The van der Waals surface area contributed by atoms with Gasteiger partial charge in [0.15, 0.2) is 0 Å². The van der Waals surface area contributed by atoms with E-state index in [0.717, 1.165) is 67.8 Å². The van der Waals surface area contributed by atoms with Crippen molar-refractivity contribution < 1.29 is 14.3 Å². The van der Waals surface area contributed by atoms with E-state index in [4.69, 9.17) is 4.74 Å². The minimum Gasteiger partial charge on any atom is -0.444 e. The Morgan fingerprint density at radius 2 is 1.71 bits per heavy atom. The predicted molar refractivity (Wildman–Crippen MR) is 155 cm³/mol. The van der Waals surface area contributed by atoms with E-state index >= 15 is 0 Å². The lowest BCUT2D eigenvalue weighted by molar-refractivity contribution is -0.134. The van der Waals surface area contributed by atoms with Crippen LogP contribution in [0.4, 0.5) is 4.79 Å². The number of unbranched alkanes of at least 4 members (excludes halogenated alkanes) is 2. The molecule has 6 nitrogen and oxygen atoms in total. The van der Waals surface area contributed by atoms with Crippen LogP contribution >= 0.6 is 11.8 Å². The van der Waals surface area contributed by atoms with E-state index in [9.17, 15) is 9.59 Å². The molecule has 1 N–H and O–H groups in total. The molecule has 1 atom stereocenters. The Morgan fingerprint density at radius 3 is 2.29 bits per heavy atom. The first-order valence-corrected chi connectivity index (χ1v) is 16.0. The minimum atomic E-state index is -0.610. The molecule has 5 rings (SSSR count). The SMILES string of the molecule is CCCCCN(CCC12CC3CC(CC(C3)C1)C2)C(=O)C(CSCc1ccncc1)NC(=O)OC(C)(C)C. The van der Waals surface area contributed by atoms with Gasteiger partial charge >= 0.3 is 6.09 Å². The average Bonchev–Trinajstić information content (AvgIpc) is 2.84. The van der Waals surface area contributed by atoms with Gasteiger partial charge in [0.25, 0.3) is 0 Å². The average molecular weight is 544 g/mol. The number of nitrogens with zero attached hydrogens (tertiary/aromatic N) is 2. The maximum absolute atomic E-state index is 14.0. The van der Waals surface area contributed by atoms with Gasteiger partial charge in [-0.05, 0) is 113 Å². The van der Waals surface area contributed by atoms with Crippen molar-refractivity contribution in [2.45, 2.75) is 109 Å². The normalized spacial score (nSPS) is 26.7. The molecule has 1 unspecified atom stereocenters. The molecule has 4 aliphatic carbocycles. The number of aromatic nitrogens is 1. The van der Waals surface area contributed by atoms with Crippen LogP contribution in [0, 0.1) is 23.2 Å². The molecule has 4 bridgehead atoms. The Morgan fingerprint density at radius 1 is 1.08 bits per heavy atom. The number of alkyl carbamates (subject to hydrolysis) is 1. The molecule has 0 spiro atoms. The molecule has 4 aliphatic rings. The van der Waals surface area contributed by atoms with Crippen LogP contribution in [0.2, 0.25) is 0 Å². The van der Waals surface area contributed by atoms with Crippen molar-refractivity contribution in [1.82, 2.24) is 15.2 Å². The van der Waals surface area contributed by atoms with Crippen LogP contribution in [0.3, 0.4) is 0 Å². The van der Waals surface area contributed by atoms with Gasteiger partial charge in [0.05, 0.1) is 0 Å². The number of amides is 2. The first-order chi connectivity index (χ1) is 18.1. The Balaban J connectivity index is 1.43. The molecule has 1 heterocycles. The zero-order chi connectivity index (χ0) is 27.2. The zero-order valence-corrected chi connectivity index (χ0v) is 24.9. The van der Waals surface area contributed by atoms with Crippen molar-refractivity contribution in [3.63, 3.8) is 0 Å². The first-order valence-electron chi connectivity index (χ1n) is 14.9. The lowest BCUT2D eigenvalue weighted by atomic mass is 9.49. The number of nitrogens with one attached hydrogen (secondary N) is 1. The third-order valence-electron chi connectivity index (χ3n) is 8.71. The molecule has 4 fully saturated rings. The predicted octanol–water partition coefficient (Wildman–Crippen LogP) is 6.83. The number of carbonyl (C=O) groups excluding carboxylic acids is 2. The topological polar surface area (TPSA) is 71.5 Å². The van der Waals surface area contributed by atoms with Crippen LogP contribution < -0.4 is 5.32 Å². The lowest BCUT2D eigenvalue weighted by Gasteiger charge is -2.57. The standard InChI is InChI=1S/C31H49N3O3S/c1-5-6-7-13-34(14-10-31-18-24-15-25(19-31)17-26(16-24)20-31)28(35)27(33-29(36)37-30(2,3)4)22-38-21-23-8-11-32-12-9-23/h8-9,11-12,24-27H,5-7,10,13-22H2,1-4H3,(H,33,36). The Hall–Kier alpha value is -1.76. The quantitative estimate of drug-likeness (QED) is 0.276. The van der Waals surface area contributed by atoms with Gasteiger partial charge < -0.3 is 15.0 Å². The second kappa shape index (κ2) is 13.1. The van der Waals surface area contributed by atoms with Crippen LogP contribution in [0.1, 0.15) is 97.5 Å². The van der Waals surface area contributed by atoms with E-state index in [1.165, 1.54) is 38.5 Å². The van der Waals surface area contributed by atoms with Crippen molar-refractivity contribution in [1.29, 1.82) is 0 Å².